The van der Waals surface area contributed by atoms with Gasteiger partial charge in [-0.15, -0.1) is 0 Å². The van der Waals surface area contributed by atoms with Gasteiger partial charge in [-0.25, -0.2) is 21.6 Å². The van der Waals surface area contributed by atoms with Gasteiger partial charge >= 0.3 is 5.76 Å². The second-order valence-electron chi connectivity index (χ2n) is 6.56. The second-order valence-corrected chi connectivity index (χ2v) is 8.45. The maximum absolute atomic E-state index is 14.4. The lowest BCUT2D eigenvalue weighted by Crippen LogP contribution is -2.39. The van der Waals surface area contributed by atoms with Crippen LogP contribution >= 0.6 is 0 Å². The highest BCUT2D eigenvalue weighted by Crippen LogP contribution is 2.53. The summed E-state index contributed by atoms with van der Waals surface area (Å²) in [5.74, 6) is -9.29. The van der Waals surface area contributed by atoms with Crippen LogP contribution in [0, 0.1) is 17.1 Å². The minimum Gasteiger partial charge on any atom is -0.457 e. The number of aliphatic hydroxyl groups is 1. The number of hydrogen-bond acceptors (Lipinski definition) is 5. The van der Waals surface area contributed by atoms with Gasteiger partial charge in [0, 0.05) is 23.6 Å². The monoisotopic (exact) mass is 433 g/mol. The van der Waals surface area contributed by atoms with Crippen LogP contribution in [0.5, 0.6) is 11.5 Å². The Balaban J connectivity index is 2.23. The fraction of sp³-hybridized carbons (Fsp3) is 0.278. The van der Waals surface area contributed by atoms with Crippen molar-refractivity contribution in [3.63, 3.8) is 0 Å². The normalized spacial score (nSPS) is 20.4. The number of halogens is 5. The molecule has 1 atom stereocenters. The van der Waals surface area contributed by atoms with Gasteiger partial charge in [-0.2, -0.15) is 14.0 Å². The van der Waals surface area contributed by atoms with Crippen LogP contribution in [0.25, 0.3) is 0 Å². The van der Waals surface area contributed by atoms with Gasteiger partial charge in [-0.3, -0.25) is 0 Å². The van der Waals surface area contributed by atoms with Gasteiger partial charge in [0.1, 0.15) is 17.3 Å². The minimum absolute atomic E-state index is 0.133. The lowest BCUT2D eigenvalue weighted by atomic mass is 9.96. The molecule has 0 heterocycles. The first-order valence-electron chi connectivity index (χ1n) is 7.98. The van der Waals surface area contributed by atoms with Gasteiger partial charge in [0.2, 0.25) is 9.84 Å². The Morgan fingerprint density at radius 3 is 2.48 bits per heavy atom. The van der Waals surface area contributed by atoms with Crippen LogP contribution < -0.4 is 4.74 Å². The van der Waals surface area contributed by atoms with E-state index in [0.29, 0.717) is 13.0 Å². The van der Waals surface area contributed by atoms with Crippen LogP contribution in [-0.4, -0.2) is 25.2 Å². The fourth-order valence-corrected chi connectivity index (χ4v) is 4.19. The summed E-state index contributed by atoms with van der Waals surface area (Å²) in [5, 5.41) is 19.2. The van der Waals surface area contributed by atoms with Gasteiger partial charge in [-0.05, 0) is 31.2 Å². The third-order valence-electron chi connectivity index (χ3n) is 4.60. The van der Waals surface area contributed by atoms with E-state index in [4.69, 9.17) is 10.00 Å². The Morgan fingerprint density at radius 1 is 1.24 bits per heavy atom. The van der Waals surface area contributed by atoms with Crippen LogP contribution in [0.3, 0.4) is 0 Å². The van der Waals surface area contributed by atoms with E-state index in [0.717, 1.165) is 24.3 Å². The minimum atomic E-state index is -5.32. The molecule has 0 saturated carbocycles. The Hall–Kier alpha value is -2.71. The van der Waals surface area contributed by atoms with Crippen LogP contribution in [0.4, 0.5) is 22.0 Å². The Kier molecular flexibility index (Phi) is 4.83. The number of hydrogen-bond donors (Lipinski definition) is 1. The highest BCUT2D eigenvalue weighted by atomic mass is 32.2. The van der Waals surface area contributed by atoms with E-state index < -0.39 is 55.4 Å². The van der Waals surface area contributed by atoms with E-state index in [9.17, 15) is 35.5 Å². The summed E-state index contributed by atoms with van der Waals surface area (Å²) >= 11 is 0. The highest BCUT2D eigenvalue weighted by molar-refractivity contribution is 7.91. The van der Waals surface area contributed by atoms with Gasteiger partial charge in [0.15, 0.2) is 5.60 Å². The first kappa shape index (κ1) is 21.0. The van der Waals surface area contributed by atoms with Crippen molar-refractivity contribution in [2.45, 2.75) is 35.5 Å². The molecule has 0 radical (unpaired) electrons. The first-order valence-corrected chi connectivity index (χ1v) is 9.53. The summed E-state index contributed by atoms with van der Waals surface area (Å²) in [6.07, 6.45) is -1.20. The molecule has 2 aromatic carbocycles. The van der Waals surface area contributed by atoms with E-state index >= 15 is 0 Å². The van der Waals surface area contributed by atoms with Gasteiger partial charge in [0.25, 0.3) is 5.92 Å². The van der Waals surface area contributed by atoms with Gasteiger partial charge in [0.05, 0.1) is 16.5 Å². The van der Waals surface area contributed by atoms with Crippen molar-refractivity contribution < 1.29 is 40.2 Å². The third kappa shape index (κ3) is 3.32. The number of sulfone groups is 1. The Morgan fingerprint density at radius 2 is 1.90 bits per heavy atom. The van der Waals surface area contributed by atoms with Gasteiger partial charge in [-0.1, -0.05) is 0 Å². The van der Waals surface area contributed by atoms with Crippen LogP contribution in [0.2, 0.25) is 0 Å². The maximum atomic E-state index is 14.4. The van der Waals surface area contributed by atoms with E-state index in [1.54, 1.807) is 6.07 Å². The molecule has 5 nitrogen and oxygen atoms in total. The lowest BCUT2D eigenvalue weighted by molar-refractivity contribution is -0.165. The van der Waals surface area contributed by atoms with Crippen LogP contribution in [0.15, 0.2) is 35.2 Å². The van der Waals surface area contributed by atoms with Crippen molar-refractivity contribution in [3.05, 3.63) is 52.8 Å². The van der Waals surface area contributed by atoms with Crippen molar-refractivity contribution in [3.8, 4) is 17.6 Å². The Bertz CT molecular complexity index is 1140. The predicted molar refractivity (Wildman–Crippen MR) is 89.0 cm³/mol. The molecule has 3 rings (SSSR count). The SMILES string of the molecule is CC1(O)c2c(S(=O)(=O)C(F)F)ccc(Oc3cc(F)cc(C#N)c3)c2CC1(F)F. The van der Waals surface area contributed by atoms with E-state index in [-0.39, 0.29) is 17.1 Å². The van der Waals surface area contributed by atoms with Crippen molar-refractivity contribution in [1.82, 2.24) is 0 Å². The number of nitriles is 1. The molecule has 0 bridgehead atoms. The Labute approximate surface area is 161 Å². The average Bonchev–Trinajstić information content (AvgIpc) is 2.80. The summed E-state index contributed by atoms with van der Waals surface area (Å²) in [7, 11) is -5.32. The fourth-order valence-electron chi connectivity index (χ4n) is 3.14. The molecule has 11 heteroatoms. The smallest absolute Gasteiger partial charge is 0.341 e. The standard InChI is InChI=1S/C18H12F5NO4S/c1-17(25)15-12(7-18(17,22)23)13(2-3-14(15)29(26,27)16(20)21)28-11-5-9(8-24)4-10(19)6-11/h2-6,16,25H,7H2,1H3. The number of fused-ring (bicyclic) bond motifs is 1. The number of ether oxygens (including phenoxy) is 1. The quantitative estimate of drug-likeness (QED) is 0.740. The molecule has 0 aromatic heterocycles. The molecule has 0 amide bonds. The highest BCUT2D eigenvalue weighted by Gasteiger charge is 2.59. The summed E-state index contributed by atoms with van der Waals surface area (Å²) in [5.41, 5.74) is -4.62. The topological polar surface area (TPSA) is 87.4 Å². The zero-order valence-corrected chi connectivity index (χ0v) is 15.4. The average molecular weight is 433 g/mol. The summed E-state index contributed by atoms with van der Waals surface area (Å²) in [4.78, 5) is -1.14. The van der Waals surface area contributed by atoms with E-state index in [1.807, 2.05) is 0 Å². The van der Waals surface area contributed by atoms with Crippen LogP contribution in [-0.2, 0) is 21.9 Å². The maximum Gasteiger partial charge on any atom is 0.341 e. The molecule has 1 aliphatic carbocycles. The number of benzene rings is 2. The molecular formula is C18H12F5NO4S. The number of alkyl halides is 4. The van der Waals surface area contributed by atoms with Crippen molar-refractivity contribution in [1.29, 1.82) is 5.26 Å². The molecular weight excluding hydrogens is 421 g/mol. The lowest BCUT2D eigenvalue weighted by Gasteiger charge is -2.27. The summed E-state index contributed by atoms with van der Waals surface area (Å²) < 4.78 is 97.7. The molecule has 0 saturated heterocycles. The summed E-state index contributed by atoms with van der Waals surface area (Å²) in [6, 6.07) is 6.00. The molecule has 1 N–H and O–H groups in total. The van der Waals surface area contributed by atoms with Crippen LogP contribution in [0.1, 0.15) is 23.6 Å². The zero-order chi connectivity index (χ0) is 21.8. The number of rotatable bonds is 4. The molecule has 29 heavy (non-hydrogen) atoms. The van der Waals surface area contributed by atoms with Crippen molar-refractivity contribution in [2.75, 3.05) is 0 Å². The molecule has 2 aromatic rings. The third-order valence-corrected chi connectivity index (χ3v) is 6.02. The molecule has 0 aliphatic heterocycles. The van der Waals surface area contributed by atoms with Gasteiger partial charge < -0.3 is 9.84 Å². The molecule has 1 unspecified atom stereocenters. The molecule has 154 valence electrons. The zero-order valence-electron chi connectivity index (χ0n) is 14.6. The second kappa shape index (κ2) is 6.67. The first-order chi connectivity index (χ1) is 13.3. The van der Waals surface area contributed by atoms with Crippen molar-refractivity contribution in [2.24, 2.45) is 0 Å². The van der Waals surface area contributed by atoms with E-state index in [1.165, 1.54) is 0 Å². The molecule has 0 fully saturated rings. The predicted octanol–water partition coefficient (Wildman–Crippen LogP) is 3.88. The van der Waals surface area contributed by atoms with Crippen molar-refractivity contribution >= 4 is 9.84 Å². The molecule has 0 spiro atoms. The van der Waals surface area contributed by atoms with E-state index in [2.05, 4.69) is 0 Å². The largest absolute Gasteiger partial charge is 0.457 e. The molecule has 1 aliphatic rings. The summed E-state index contributed by atoms with van der Waals surface area (Å²) in [6.45, 7) is 0.614. The number of nitrogens with zero attached hydrogens (tertiary/aromatic N) is 1.